The number of hydrogen-bond acceptors (Lipinski definition) is 3. The van der Waals surface area contributed by atoms with Gasteiger partial charge < -0.3 is 10.1 Å². The SMILES string of the molecule is Cc1cc(-c2ccc(=O)[nH]c2)nc2c(CCO)cccc12. The number of aromatic amines is 1. The van der Waals surface area contributed by atoms with Crippen LogP contribution in [0.5, 0.6) is 0 Å². The monoisotopic (exact) mass is 280 g/mol. The zero-order valence-corrected chi connectivity index (χ0v) is 11.8. The maximum absolute atomic E-state index is 11.2. The molecule has 0 bridgehead atoms. The minimum Gasteiger partial charge on any atom is -0.396 e. The van der Waals surface area contributed by atoms with Crippen LogP contribution in [0.4, 0.5) is 0 Å². The van der Waals surface area contributed by atoms with Crippen molar-refractivity contribution < 1.29 is 5.11 Å². The number of aryl methyl sites for hydroxylation is 1. The molecule has 1 aromatic carbocycles. The van der Waals surface area contributed by atoms with Crippen LogP contribution in [-0.2, 0) is 6.42 Å². The van der Waals surface area contributed by atoms with Gasteiger partial charge in [-0.2, -0.15) is 0 Å². The highest BCUT2D eigenvalue weighted by atomic mass is 16.2. The average Bonchev–Trinajstić information content (AvgIpc) is 2.49. The number of aliphatic hydroxyl groups is 1. The van der Waals surface area contributed by atoms with E-state index in [1.54, 1.807) is 12.3 Å². The third-order valence-electron chi connectivity index (χ3n) is 3.59. The number of aromatic nitrogens is 2. The Bertz CT molecular complexity index is 833. The van der Waals surface area contributed by atoms with E-state index in [9.17, 15) is 9.90 Å². The van der Waals surface area contributed by atoms with Gasteiger partial charge in [0.2, 0.25) is 5.56 Å². The van der Waals surface area contributed by atoms with Crippen LogP contribution >= 0.6 is 0 Å². The Hall–Kier alpha value is -2.46. The largest absolute Gasteiger partial charge is 0.396 e. The topological polar surface area (TPSA) is 66.0 Å². The highest BCUT2D eigenvalue weighted by molar-refractivity contribution is 5.87. The Morgan fingerprint density at radius 1 is 1.24 bits per heavy atom. The summed E-state index contributed by atoms with van der Waals surface area (Å²) in [6.45, 7) is 2.14. The van der Waals surface area contributed by atoms with E-state index in [1.165, 1.54) is 6.07 Å². The fraction of sp³-hybridized carbons (Fsp3) is 0.176. The first-order valence-corrected chi connectivity index (χ1v) is 6.88. The Labute approximate surface area is 122 Å². The molecule has 0 atom stereocenters. The number of pyridine rings is 2. The van der Waals surface area contributed by atoms with E-state index in [-0.39, 0.29) is 12.2 Å². The lowest BCUT2D eigenvalue weighted by molar-refractivity contribution is 0.300. The van der Waals surface area contributed by atoms with Crippen molar-refractivity contribution in [2.75, 3.05) is 6.61 Å². The quantitative estimate of drug-likeness (QED) is 0.774. The van der Waals surface area contributed by atoms with Crippen molar-refractivity contribution in [3.8, 4) is 11.3 Å². The molecule has 21 heavy (non-hydrogen) atoms. The van der Waals surface area contributed by atoms with Crippen molar-refractivity contribution in [2.24, 2.45) is 0 Å². The van der Waals surface area contributed by atoms with Crippen LogP contribution in [0.3, 0.4) is 0 Å². The summed E-state index contributed by atoms with van der Waals surface area (Å²) in [5.74, 6) is 0. The molecular formula is C17H16N2O2. The zero-order valence-electron chi connectivity index (χ0n) is 11.8. The maximum atomic E-state index is 11.2. The Balaban J connectivity index is 2.23. The molecule has 0 unspecified atom stereocenters. The summed E-state index contributed by atoms with van der Waals surface area (Å²) in [7, 11) is 0. The number of aliphatic hydroxyl groups excluding tert-OH is 1. The van der Waals surface area contributed by atoms with Gasteiger partial charge in [-0.05, 0) is 36.6 Å². The maximum Gasteiger partial charge on any atom is 0.247 e. The number of nitrogens with zero attached hydrogens (tertiary/aromatic N) is 1. The van der Waals surface area contributed by atoms with Gasteiger partial charge in [0, 0.05) is 29.8 Å². The molecule has 0 radical (unpaired) electrons. The molecule has 3 rings (SSSR count). The highest BCUT2D eigenvalue weighted by Gasteiger charge is 2.08. The fourth-order valence-corrected chi connectivity index (χ4v) is 2.52. The second-order valence-electron chi connectivity index (χ2n) is 5.05. The first-order chi connectivity index (χ1) is 10.2. The number of para-hydroxylation sites is 1. The van der Waals surface area contributed by atoms with Gasteiger partial charge in [-0.25, -0.2) is 4.98 Å². The minimum atomic E-state index is -0.128. The van der Waals surface area contributed by atoms with Crippen LogP contribution in [0.1, 0.15) is 11.1 Å². The van der Waals surface area contributed by atoms with Crippen molar-refractivity contribution in [2.45, 2.75) is 13.3 Å². The summed E-state index contributed by atoms with van der Waals surface area (Å²) >= 11 is 0. The molecule has 0 aliphatic heterocycles. The first-order valence-electron chi connectivity index (χ1n) is 6.88. The smallest absolute Gasteiger partial charge is 0.247 e. The van der Waals surface area contributed by atoms with Gasteiger partial charge in [-0.3, -0.25) is 4.79 Å². The third kappa shape index (κ3) is 2.58. The second-order valence-corrected chi connectivity index (χ2v) is 5.05. The summed E-state index contributed by atoms with van der Waals surface area (Å²) in [5, 5.41) is 10.3. The van der Waals surface area contributed by atoms with Crippen molar-refractivity contribution in [3.05, 3.63) is 64.1 Å². The summed E-state index contributed by atoms with van der Waals surface area (Å²) in [5.41, 5.74) is 4.63. The normalized spacial score (nSPS) is 11.0. The van der Waals surface area contributed by atoms with Crippen molar-refractivity contribution >= 4 is 10.9 Å². The van der Waals surface area contributed by atoms with Crippen LogP contribution in [0.2, 0.25) is 0 Å². The predicted molar refractivity (Wildman–Crippen MR) is 83.3 cm³/mol. The van der Waals surface area contributed by atoms with Crippen molar-refractivity contribution in [1.29, 1.82) is 0 Å². The minimum absolute atomic E-state index is 0.0999. The van der Waals surface area contributed by atoms with Crippen LogP contribution in [0.15, 0.2) is 47.4 Å². The van der Waals surface area contributed by atoms with Crippen molar-refractivity contribution in [1.82, 2.24) is 9.97 Å². The summed E-state index contributed by atoms with van der Waals surface area (Å²) in [4.78, 5) is 18.6. The number of fused-ring (bicyclic) bond motifs is 1. The van der Waals surface area contributed by atoms with Gasteiger partial charge in [0.25, 0.3) is 0 Å². The summed E-state index contributed by atoms with van der Waals surface area (Å²) in [6, 6.07) is 11.3. The van der Waals surface area contributed by atoms with Gasteiger partial charge in [0.15, 0.2) is 0 Å². The number of nitrogens with one attached hydrogen (secondary N) is 1. The standard InChI is InChI=1S/C17H16N2O2/c1-11-9-15(13-5-6-16(21)18-10-13)19-17-12(7-8-20)3-2-4-14(11)17/h2-6,9-10,20H,7-8H2,1H3,(H,18,21). The number of hydrogen-bond donors (Lipinski definition) is 2. The molecular weight excluding hydrogens is 264 g/mol. The highest BCUT2D eigenvalue weighted by Crippen LogP contribution is 2.26. The van der Waals surface area contributed by atoms with Crippen LogP contribution in [-0.4, -0.2) is 21.7 Å². The molecule has 0 saturated carbocycles. The van der Waals surface area contributed by atoms with Gasteiger partial charge in [0.05, 0.1) is 11.2 Å². The van der Waals surface area contributed by atoms with Gasteiger partial charge in [-0.15, -0.1) is 0 Å². The Morgan fingerprint density at radius 2 is 2.10 bits per heavy atom. The van der Waals surface area contributed by atoms with E-state index in [0.29, 0.717) is 6.42 Å². The second kappa shape index (κ2) is 5.50. The molecule has 4 heteroatoms. The lowest BCUT2D eigenvalue weighted by Crippen LogP contribution is -2.02. The lowest BCUT2D eigenvalue weighted by atomic mass is 10.0. The molecule has 0 saturated heterocycles. The number of H-pyrrole nitrogens is 1. The van der Waals surface area contributed by atoms with E-state index in [1.807, 2.05) is 31.2 Å². The van der Waals surface area contributed by atoms with Gasteiger partial charge in [-0.1, -0.05) is 18.2 Å². The molecule has 2 N–H and O–H groups in total. The predicted octanol–water partition coefficient (Wildman–Crippen LogP) is 2.43. The molecule has 2 heterocycles. The van der Waals surface area contributed by atoms with Crippen molar-refractivity contribution in [3.63, 3.8) is 0 Å². The molecule has 0 aliphatic carbocycles. The van der Waals surface area contributed by atoms with Crippen LogP contribution < -0.4 is 5.56 Å². The van der Waals surface area contributed by atoms with E-state index in [4.69, 9.17) is 4.98 Å². The average molecular weight is 280 g/mol. The molecule has 106 valence electrons. The molecule has 4 nitrogen and oxygen atoms in total. The molecule has 0 amide bonds. The third-order valence-corrected chi connectivity index (χ3v) is 3.59. The van der Waals surface area contributed by atoms with E-state index in [2.05, 4.69) is 4.98 Å². The molecule has 0 aliphatic rings. The lowest BCUT2D eigenvalue weighted by Gasteiger charge is -2.10. The van der Waals surface area contributed by atoms with E-state index in [0.717, 1.165) is 33.3 Å². The van der Waals surface area contributed by atoms with E-state index >= 15 is 0 Å². The Morgan fingerprint density at radius 3 is 2.81 bits per heavy atom. The summed E-state index contributed by atoms with van der Waals surface area (Å²) < 4.78 is 0. The molecule has 0 fully saturated rings. The number of benzene rings is 1. The molecule has 3 aromatic rings. The fourth-order valence-electron chi connectivity index (χ4n) is 2.52. The van der Waals surface area contributed by atoms with Gasteiger partial charge in [0.1, 0.15) is 0 Å². The zero-order chi connectivity index (χ0) is 14.8. The van der Waals surface area contributed by atoms with Gasteiger partial charge >= 0.3 is 0 Å². The Kier molecular flexibility index (Phi) is 3.54. The summed E-state index contributed by atoms with van der Waals surface area (Å²) in [6.07, 6.45) is 2.25. The first kappa shape index (κ1) is 13.5. The number of rotatable bonds is 3. The molecule has 0 spiro atoms. The molecule has 2 aromatic heterocycles. The van der Waals surface area contributed by atoms with Crippen LogP contribution in [0.25, 0.3) is 22.2 Å². The van der Waals surface area contributed by atoms with Crippen LogP contribution in [0, 0.1) is 6.92 Å². The van der Waals surface area contributed by atoms with E-state index < -0.39 is 0 Å².